The molecule has 1 fully saturated rings. The van der Waals surface area contributed by atoms with Crippen LogP contribution in [0.5, 0.6) is 0 Å². The maximum Gasteiger partial charge on any atom is 0.236 e. The van der Waals surface area contributed by atoms with Gasteiger partial charge in [-0.05, 0) is 57.2 Å². The van der Waals surface area contributed by atoms with E-state index in [4.69, 9.17) is 5.73 Å². The Labute approximate surface area is 114 Å². The fourth-order valence-electron chi connectivity index (χ4n) is 2.39. The van der Waals surface area contributed by atoms with E-state index in [-0.39, 0.29) is 0 Å². The number of hydrogen-bond acceptors (Lipinski definition) is 3. The third kappa shape index (κ3) is 4.02. The highest BCUT2D eigenvalue weighted by molar-refractivity contribution is 7.99. The van der Waals surface area contributed by atoms with Crippen molar-refractivity contribution < 1.29 is 4.79 Å². The van der Waals surface area contributed by atoms with Crippen molar-refractivity contribution in [2.45, 2.75) is 51.0 Å². The van der Waals surface area contributed by atoms with Crippen molar-refractivity contribution in [3.8, 4) is 0 Å². The molecular formula is C14H24N2OS. The molecule has 4 heteroatoms. The lowest BCUT2D eigenvalue weighted by atomic mass is 10.0. The summed E-state index contributed by atoms with van der Waals surface area (Å²) in [6.07, 6.45) is 10.4. The molecular weight excluding hydrogens is 244 g/mol. The molecule has 18 heavy (non-hydrogen) atoms. The van der Waals surface area contributed by atoms with E-state index >= 15 is 0 Å². The lowest BCUT2D eigenvalue weighted by Crippen LogP contribution is -2.34. The maximum atomic E-state index is 12.3. The first kappa shape index (κ1) is 13.9. The highest BCUT2D eigenvalue weighted by atomic mass is 32.2. The first-order chi connectivity index (χ1) is 8.83. The number of thioether (sulfide) groups is 1. The zero-order valence-corrected chi connectivity index (χ0v) is 11.9. The molecule has 0 aliphatic heterocycles. The van der Waals surface area contributed by atoms with Gasteiger partial charge in [0.2, 0.25) is 5.91 Å². The van der Waals surface area contributed by atoms with Crippen molar-refractivity contribution in [2.24, 2.45) is 5.73 Å². The lowest BCUT2D eigenvalue weighted by Gasteiger charge is -2.27. The number of hydrogen-bond donors (Lipinski definition) is 1. The van der Waals surface area contributed by atoms with Crippen molar-refractivity contribution in [1.82, 2.24) is 4.90 Å². The monoisotopic (exact) mass is 268 g/mol. The molecule has 0 atom stereocenters. The van der Waals surface area contributed by atoms with Crippen LogP contribution < -0.4 is 5.73 Å². The summed E-state index contributed by atoms with van der Waals surface area (Å²) in [4.78, 5) is 14.4. The topological polar surface area (TPSA) is 46.3 Å². The normalized spacial score (nSPS) is 19.5. The largest absolute Gasteiger partial charge is 0.330 e. The van der Waals surface area contributed by atoms with Gasteiger partial charge in [0.25, 0.3) is 0 Å². The second kappa shape index (κ2) is 7.19. The number of nitrogens with two attached hydrogens (primary N) is 1. The van der Waals surface area contributed by atoms with Gasteiger partial charge in [0.05, 0.1) is 5.75 Å². The molecule has 0 aromatic rings. The number of amides is 1. The molecule has 1 saturated carbocycles. The molecule has 0 aromatic heterocycles. The van der Waals surface area contributed by atoms with Crippen molar-refractivity contribution in [1.29, 1.82) is 0 Å². The Morgan fingerprint density at radius 1 is 1.44 bits per heavy atom. The molecule has 2 aliphatic rings. The minimum Gasteiger partial charge on any atom is -0.330 e. The van der Waals surface area contributed by atoms with E-state index in [1.165, 1.54) is 31.4 Å². The number of carbonyl (C=O) groups is 1. The van der Waals surface area contributed by atoms with E-state index < -0.39 is 0 Å². The van der Waals surface area contributed by atoms with E-state index in [2.05, 4.69) is 11.0 Å². The summed E-state index contributed by atoms with van der Waals surface area (Å²) in [5.74, 6) is 1.93. The van der Waals surface area contributed by atoms with Gasteiger partial charge in [-0.15, -0.1) is 0 Å². The molecule has 1 amide bonds. The molecule has 0 aromatic carbocycles. The van der Waals surface area contributed by atoms with Crippen LogP contribution in [-0.2, 0) is 4.79 Å². The highest BCUT2D eigenvalue weighted by Gasteiger charge is 2.34. The van der Waals surface area contributed by atoms with E-state index in [9.17, 15) is 4.79 Å². The standard InChI is InChI=1S/C14H24N2OS/c15-9-4-10-18-11-14(17)16(13-7-8-13)12-5-2-1-3-6-12/h5,13H,1-4,6-11,15H2. The van der Waals surface area contributed by atoms with Gasteiger partial charge in [0, 0.05) is 11.7 Å². The van der Waals surface area contributed by atoms with Gasteiger partial charge in [0.15, 0.2) is 0 Å². The molecule has 0 bridgehead atoms. The molecule has 2 N–H and O–H groups in total. The van der Waals surface area contributed by atoms with Crippen LogP contribution in [0.15, 0.2) is 11.8 Å². The van der Waals surface area contributed by atoms with Crippen molar-refractivity contribution in [2.75, 3.05) is 18.1 Å². The Balaban J connectivity index is 1.84. The zero-order valence-electron chi connectivity index (χ0n) is 11.1. The van der Waals surface area contributed by atoms with Gasteiger partial charge in [-0.2, -0.15) is 11.8 Å². The van der Waals surface area contributed by atoms with Crippen LogP contribution in [0.3, 0.4) is 0 Å². The average Bonchev–Trinajstić information content (AvgIpc) is 3.21. The number of allylic oxidation sites excluding steroid dienone is 2. The van der Waals surface area contributed by atoms with Crippen LogP contribution in [0.2, 0.25) is 0 Å². The van der Waals surface area contributed by atoms with Gasteiger partial charge in [-0.3, -0.25) is 4.79 Å². The molecule has 0 saturated heterocycles. The van der Waals surface area contributed by atoms with E-state index in [1.54, 1.807) is 11.8 Å². The lowest BCUT2D eigenvalue weighted by molar-refractivity contribution is -0.127. The van der Waals surface area contributed by atoms with E-state index in [0.717, 1.165) is 31.6 Å². The second-order valence-corrected chi connectivity index (χ2v) is 6.24. The smallest absolute Gasteiger partial charge is 0.236 e. The maximum absolute atomic E-state index is 12.3. The average molecular weight is 268 g/mol. The summed E-state index contributed by atoms with van der Waals surface area (Å²) < 4.78 is 0. The van der Waals surface area contributed by atoms with E-state index in [1.807, 2.05) is 0 Å². The van der Waals surface area contributed by atoms with Crippen molar-refractivity contribution in [3.63, 3.8) is 0 Å². The SMILES string of the molecule is NCCCSCC(=O)N(C1=CCCCC1)C1CC1. The molecule has 102 valence electrons. The van der Waals surface area contributed by atoms with Crippen LogP contribution in [-0.4, -0.2) is 34.9 Å². The highest BCUT2D eigenvalue weighted by Crippen LogP contribution is 2.34. The summed E-state index contributed by atoms with van der Waals surface area (Å²) in [5, 5.41) is 0. The minimum atomic E-state index is 0.313. The Morgan fingerprint density at radius 3 is 2.89 bits per heavy atom. The predicted octanol–water partition coefficient (Wildman–Crippen LogP) is 2.52. The summed E-state index contributed by atoms with van der Waals surface area (Å²) in [5.41, 5.74) is 6.76. The van der Waals surface area contributed by atoms with Crippen LogP contribution in [0.1, 0.15) is 44.9 Å². The molecule has 0 spiro atoms. The first-order valence-corrected chi connectivity index (χ1v) is 8.27. The first-order valence-electron chi connectivity index (χ1n) is 7.12. The third-order valence-electron chi connectivity index (χ3n) is 3.48. The summed E-state index contributed by atoms with van der Waals surface area (Å²) in [7, 11) is 0. The van der Waals surface area contributed by atoms with Crippen LogP contribution in [0.4, 0.5) is 0 Å². The van der Waals surface area contributed by atoms with Gasteiger partial charge < -0.3 is 10.6 Å². The van der Waals surface area contributed by atoms with Crippen molar-refractivity contribution >= 4 is 17.7 Å². The van der Waals surface area contributed by atoms with Gasteiger partial charge >= 0.3 is 0 Å². The molecule has 0 radical (unpaired) electrons. The molecule has 3 nitrogen and oxygen atoms in total. The number of nitrogens with zero attached hydrogens (tertiary/aromatic N) is 1. The minimum absolute atomic E-state index is 0.313. The fourth-order valence-corrected chi connectivity index (χ4v) is 3.21. The van der Waals surface area contributed by atoms with Gasteiger partial charge in [-0.25, -0.2) is 0 Å². The Bertz CT molecular complexity index is 313. The van der Waals surface area contributed by atoms with Crippen LogP contribution in [0, 0.1) is 0 Å². The molecule has 0 unspecified atom stereocenters. The zero-order chi connectivity index (χ0) is 12.8. The Hall–Kier alpha value is -0.480. The summed E-state index contributed by atoms with van der Waals surface area (Å²) in [6.45, 7) is 0.721. The second-order valence-electron chi connectivity index (χ2n) is 5.13. The van der Waals surface area contributed by atoms with Crippen LogP contribution >= 0.6 is 11.8 Å². The number of rotatable bonds is 7. The predicted molar refractivity (Wildman–Crippen MR) is 77.4 cm³/mol. The summed E-state index contributed by atoms with van der Waals surface area (Å²) in [6, 6.07) is 0.511. The quantitative estimate of drug-likeness (QED) is 0.722. The van der Waals surface area contributed by atoms with E-state index in [0.29, 0.717) is 17.7 Å². The van der Waals surface area contributed by atoms with Gasteiger partial charge in [0.1, 0.15) is 0 Å². The number of carbonyl (C=O) groups excluding carboxylic acids is 1. The molecule has 2 rings (SSSR count). The summed E-state index contributed by atoms with van der Waals surface area (Å²) >= 11 is 1.73. The fraction of sp³-hybridized carbons (Fsp3) is 0.786. The van der Waals surface area contributed by atoms with Crippen LogP contribution in [0.25, 0.3) is 0 Å². The van der Waals surface area contributed by atoms with Gasteiger partial charge in [-0.1, -0.05) is 6.08 Å². The Kier molecular flexibility index (Phi) is 5.57. The molecule has 0 heterocycles. The van der Waals surface area contributed by atoms with Crippen molar-refractivity contribution in [3.05, 3.63) is 11.8 Å². The molecule has 2 aliphatic carbocycles. The Morgan fingerprint density at radius 2 is 2.28 bits per heavy atom. The third-order valence-corrected chi connectivity index (χ3v) is 4.50.